The van der Waals surface area contributed by atoms with E-state index in [1.54, 1.807) is 0 Å². The molecular formula is C23H34O3. The molecule has 144 valence electrons. The first-order valence-electron chi connectivity index (χ1n) is 10.6. The van der Waals surface area contributed by atoms with Gasteiger partial charge in [0.1, 0.15) is 11.4 Å². The standard InChI is InChI=1S/C23H34O3/c1-5-23(26)13-20-17(19-9-8-18(14(2)24)22(19,23)4)7-6-15-12-16(25)10-11-21(15,20)3/h1,14-15,17-20,24,26H,6-13H2,2-4H3/t14-,15+,17+,18-,19+,20+,21+,22-,23-/m1/s1. The van der Waals surface area contributed by atoms with E-state index in [1.807, 2.05) is 6.92 Å². The topological polar surface area (TPSA) is 57.5 Å². The van der Waals surface area contributed by atoms with Gasteiger partial charge in [0.25, 0.3) is 0 Å². The molecule has 26 heavy (non-hydrogen) atoms. The Kier molecular flexibility index (Phi) is 4.14. The van der Waals surface area contributed by atoms with E-state index in [9.17, 15) is 15.0 Å². The average molecular weight is 359 g/mol. The van der Waals surface area contributed by atoms with Crippen LogP contribution in [0.15, 0.2) is 0 Å². The van der Waals surface area contributed by atoms with Gasteiger partial charge in [0.15, 0.2) is 0 Å². The lowest BCUT2D eigenvalue weighted by molar-refractivity contribution is -0.200. The van der Waals surface area contributed by atoms with Gasteiger partial charge < -0.3 is 10.2 Å². The highest BCUT2D eigenvalue weighted by Crippen LogP contribution is 2.70. The van der Waals surface area contributed by atoms with Crippen LogP contribution in [0.25, 0.3) is 0 Å². The minimum Gasteiger partial charge on any atom is -0.393 e. The highest BCUT2D eigenvalue weighted by atomic mass is 16.3. The number of carbonyl (C=O) groups excluding carboxylic acids is 1. The Bertz CT molecular complexity index is 648. The molecule has 4 fully saturated rings. The molecule has 0 saturated heterocycles. The lowest BCUT2D eigenvalue weighted by atomic mass is 9.41. The van der Waals surface area contributed by atoms with Gasteiger partial charge in [-0.15, -0.1) is 6.42 Å². The predicted octanol–water partition coefficient (Wildman–Crippen LogP) is 3.57. The maximum Gasteiger partial charge on any atom is 0.133 e. The average Bonchev–Trinajstić information content (AvgIpc) is 2.96. The number of aliphatic hydroxyl groups excluding tert-OH is 1. The van der Waals surface area contributed by atoms with Crippen LogP contribution in [0.1, 0.15) is 72.1 Å². The van der Waals surface area contributed by atoms with Crippen molar-refractivity contribution in [3.8, 4) is 12.3 Å². The van der Waals surface area contributed by atoms with E-state index in [0.29, 0.717) is 48.7 Å². The maximum atomic E-state index is 12.0. The molecule has 0 heterocycles. The van der Waals surface area contributed by atoms with Crippen molar-refractivity contribution in [2.75, 3.05) is 0 Å². The second-order valence-electron chi connectivity index (χ2n) is 10.3. The Labute approximate surface area is 157 Å². The summed E-state index contributed by atoms with van der Waals surface area (Å²) in [6.45, 7) is 6.37. The quantitative estimate of drug-likeness (QED) is 0.705. The van der Waals surface area contributed by atoms with Crippen molar-refractivity contribution in [1.82, 2.24) is 0 Å². The zero-order valence-electron chi connectivity index (χ0n) is 16.5. The van der Waals surface area contributed by atoms with Crippen molar-refractivity contribution < 1.29 is 15.0 Å². The first-order valence-corrected chi connectivity index (χ1v) is 10.6. The number of aliphatic hydroxyl groups is 2. The molecule has 4 rings (SSSR count). The van der Waals surface area contributed by atoms with Crippen molar-refractivity contribution in [3.63, 3.8) is 0 Å². The van der Waals surface area contributed by atoms with Crippen LogP contribution in [0.4, 0.5) is 0 Å². The van der Waals surface area contributed by atoms with Gasteiger partial charge in [-0.05, 0) is 80.5 Å². The summed E-state index contributed by atoms with van der Waals surface area (Å²) in [7, 11) is 0. The van der Waals surface area contributed by atoms with Crippen LogP contribution < -0.4 is 0 Å². The van der Waals surface area contributed by atoms with Crippen molar-refractivity contribution >= 4 is 5.78 Å². The second-order valence-corrected chi connectivity index (χ2v) is 10.3. The van der Waals surface area contributed by atoms with Gasteiger partial charge in [-0.3, -0.25) is 4.79 Å². The van der Waals surface area contributed by atoms with Crippen LogP contribution in [-0.2, 0) is 4.79 Å². The van der Waals surface area contributed by atoms with E-state index in [4.69, 9.17) is 6.42 Å². The second kappa shape index (κ2) is 5.82. The summed E-state index contributed by atoms with van der Waals surface area (Å²) < 4.78 is 0. The molecule has 0 spiro atoms. The fourth-order valence-corrected chi connectivity index (χ4v) is 8.09. The van der Waals surface area contributed by atoms with Crippen LogP contribution in [0, 0.1) is 52.8 Å². The molecule has 0 aliphatic heterocycles. The Balaban J connectivity index is 1.76. The number of carbonyl (C=O) groups is 1. The van der Waals surface area contributed by atoms with E-state index in [-0.39, 0.29) is 11.3 Å². The number of ketones is 1. The van der Waals surface area contributed by atoms with Crippen molar-refractivity contribution in [2.45, 2.75) is 83.8 Å². The van der Waals surface area contributed by atoms with Gasteiger partial charge in [-0.25, -0.2) is 0 Å². The van der Waals surface area contributed by atoms with Gasteiger partial charge in [0.05, 0.1) is 6.10 Å². The molecule has 0 unspecified atom stereocenters. The van der Waals surface area contributed by atoms with E-state index < -0.39 is 17.1 Å². The molecule has 4 saturated carbocycles. The summed E-state index contributed by atoms with van der Waals surface area (Å²) in [5.41, 5.74) is -1.46. The van der Waals surface area contributed by atoms with Gasteiger partial charge in [-0.1, -0.05) is 19.8 Å². The molecule has 9 atom stereocenters. The largest absolute Gasteiger partial charge is 0.393 e. The zero-order chi connectivity index (χ0) is 18.9. The maximum absolute atomic E-state index is 12.0. The molecule has 0 aromatic heterocycles. The summed E-state index contributed by atoms with van der Waals surface area (Å²) in [5, 5.41) is 22.1. The number of hydrogen-bond donors (Lipinski definition) is 2. The third-order valence-corrected chi connectivity index (χ3v) is 9.64. The van der Waals surface area contributed by atoms with Crippen LogP contribution in [0.2, 0.25) is 0 Å². The Hall–Kier alpha value is -0.850. The number of Topliss-reactive ketones (excluding diaryl/α,β-unsaturated/α-hetero) is 1. The van der Waals surface area contributed by atoms with Crippen LogP contribution in [0.3, 0.4) is 0 Å². The Morgan fingerprint density at radius 3 is 2.58 bits per heavy atom. The smallest absolute Gasteiger partial charge is 0.133 e. The van der Waals surface area contributed by atoms with Crippen molar-refractivity contribution in [1.29, 1.82) is 0 Å². The number of fused-ring (bicyclic) bond motifs is 5. The lowest BCUT2D eigenvalue weighted by Gasteiger charge is -2.64. The molecule has 4 aliphatic carbocycles. The van der Waals surface area contributed by atoms with Gasteiger partial charge >= 0.3 is 0 Å². The molecule has 0 amide bonds. The molecule has 0 radical (unpaired) electrons. The first-order chi connectivity index (χ1) is 12.2. The minimum absolute atomic E-state index is 0.0629. The van der Waals surface area contributed by atoms with Crippen LogP contribution in [0.5, 0.6) is 0 Å². The van der Waals surface area contributed by atoms with E-state index in [0.717, 1.165) is 32.1 Å². The summed E-state index contributed by atoms with van der Waals surface area (Å²) in [5.74, 6) is 5.06. The monoisotopic (exact) mass is 358 g/mol. The summed E-state index contributed by atoms with van der Waals surface area (Å²) in [4.78, 5) is 12.0. The summed E-state index contributed by atoms with van der Waals surface area (Å²) in [6.07, 6.45) is 12.8. The van der Waals surface area contributed by atoms with Gasteiger partial charge in [0.2, 0.25) is 0 Å². The Morgan fingerprint density at radius 1 is 1.19 bits per heavy atom. The van der Waals surface area contributed by atoms with E-state index in [2.05, 4.69) is 19.8 Å². The molecular weight excluding hydrogens is 324 g/mol. The zero-order valence-corrected chi connectivity index (χ0v) is 16.5. The fourth-order valence-electron chi connectivity index (χ4n) is 8.09. The molecule has 4 aliphatic rings. The third kappa shape index (κ3) is 2.18. The summed E-state index contributed by atoms with van der Waals surface area (Å²) in [6, 6.07) is 0. The number of hydrogen-bond acceptors (Lipinski definition) is 3. The summed E-state index contributed by atoms with van der Waals surface area (Å²) >= 11 is 0. The molecule has 0 bridgehead atoms. The number of terminal acetylenes is 1. The highest BCUT2D eigenvalue weighted by molar-refractivity contribution is 5.79. The first kappa shape index (κ1) is 18.5. The SMILES string of the molecule is C#C[C@@]1(O)C[C@H]2[C@@H](CC[C@H]3CC(=O)CC[C@@]32C)[C@@H]2CC[C@H]([C@@H](C)O)[C@]21C. The fraction of sp³-hybridized carbons (Fsp3) is 0.870. The molecule has 0 aromatic rings. The normalized spacial score (nSPS) is 54.6. The number of rotatable bonds is 1. The molecule has 3 nitrogen and oxygen atoms in total. The van der Waals surface area contributed by atoms with E-state index >= 15 is 0 Å². The van der Waals surface area contributed by atoms with Crippen LogP contribution in [-0.4, -0.2) is 27.7 Å². The van der Waals surface area contributed by atoms with Crippen molar-refractivity contribution in [2.24, 2.45) is 40.4 Å². The molecule has 3 heteroatoms. The Morgan fingerprint density at radius 2 is 1.92 bits per heavy atom. The molecule has 0 aromatic carbocycles. The third-order valence-electron chi connectivity index (χ3n) is 9.64. The highest BCUT2D eigenvalue weighted by Gasteiger charge is 2.68. The minimum atomic E-state index is -1.16. The lowest BCUT2D eigenvalue weighted by Crippen LogP contribution is -2.64. The van der Waals surface area contributed by atoms with E-state index in [1.165, 1.54) is 0 Å². The molecule has 2 N–H and O–H groups in total. The predicted molar refractivity (Wildman–Crippen MR) is 101 cm³/mol. The van der Waals surface area contributed by atoms with Gasteiger partial charge in [-0.2, -0.15) is 0 Å². The van der Waals surface area contributed by atoms with Gasteiger partial charge in [0, 0.05) is 18.3 Å². The van der Waals surface area contributed by atoms with Crippen LogP contribution >= 0.6 is 0 Å². The van der Waals surface area contributed by atoms with Crippen molar-refractivity contribution in [3.05, 3.63) is 0 Å².